The summed E-state index contributed by atoms with van der Waals surface area (Å²) in [5, 5.41) is 0. The van der Waals surface area contributed by atoms with Gasteiger partial charge in [0.1, 0.15) is 13.2 Å². The van der Waals surface area contributed by atoms with Crippen LogP contribution in [0.4, 0.5) is 0 Å². The summed E-state index contributed by atoms with van der Waals surface area (Å²) in [5.41, 5.74) is 0. The molecule has 0 radical (unpaired) electrons. The molecule has 0 aromatic heterocycles. The quantitative estimate of drug-likeness (QED) is 0.520. The van der Waals surface area contributed by atoms with Crippen LogP contribution in [0.25, 0.3) is 0 Å². The van der Waals surface area contributed by atoms with E-state index >= 15 is 0 Å². The molecule has 0 aliphatic carbocycles. The fraction of sp³-hybridized carbons (Fsp3) is 0.889. The number of rotatable bonds is 3. The number of esters is 1. The molecule has 16 heavy (non-hydrogen) atoms. The van der Waals surface area contributed by atoms with Gasteiger partial charge in [-0.3, -0.25) is 4.90 Å². The highest BCUT2D eigenvalue weighted by atomic mass is 80.0. The zero-order chi connectivity index (χ0) is 12.2. The van der Waals surface area contributed by atoms with Crippen molar-refractivity contribution < 1.29 is 14.4 Å². The van der Waals surface area contributed by atoms with Crippen molar-refractivity contribution in [2.24, 2.45) is 0 Å². The van der Waals surface area contributed by atoms with Gasteiger partial charge in [-0.05, 0) is 54.8 Å². The van der Waals surface area contributed by atoms with Crippen LogP contribution >= 0.6 is 47.8 Å². The second kappa shape index (κ2) is 6.68. The summed E-state index contributed by atoms with van der Waals surface area (Å²) >= 11 is 9.37. The van der Waals surface area contributed by atoms with Gasteiger partial charge in [-0.25, -0.2) is 4.79 Å². The van der Waals surface area contributed by atoms with Crippen LogP contribution in [0.5, 0.6) is 0 Å². The van der Waals surface area contributed by atoms with Gasteiger partial charge in [0.2, 0.25) is 2.14 Å². The Hall–Kier alpha value is 0.830. The SMILES string of the molecule is CN1CC[NH+](CCOC(=O)C(Br)(Br)Br)CC1. The van der Waals surface area contributed by atoms with Gasteiger partial charge in [-0.1, -0.05) is 0 Å². The standard InChI is InChI=1S/C9H15Br3N2O2/c1-13-2-4-14(5-3-13)6-7-16-8(15)9(10,11)12/h2-7H2,1H3/p+1. The second-order valence-corrected chi connectivity index (χ2v) is 10.7. The number of carbonyl (C=O) groups is 1. The Labute approximate surface area is 121 Å². The van der Waals surface area contributed by atoms with Crippen LogP contribution in [0.3, 0.4) is 0 Å². The molecule has 94 valence electrons. The molecule has 1 aliphatic rings. The number of piperazine rings is 1. The van der Waals surface area contributed by atoms with Gasteiger partial charge in [0.25, 0.3) is 0 Å². The number of nitrogens with zero attached hydrogens (tertiary/aromatic N) is 1. The summed E-state index contributed by atoms with van der Waals surface area (Å²) in [6, 6.07) is 0. The lowest BCUT2D eigenvalue weighted by Gasteiger charge is -2.29. The highest BCUT2D eigenvalue weighted by Crippen LogP contribution is 2.34. The van der Waals surface area contributed by atoms with Gasteiger partial charge >= 0.3 is 5.97 Å². The summed E-state index contributed by atoms with van der Waals surface area (Å²) in [4.78, 5) is 15.2. The number of halogens is 3. The van der Waals surface area contributed by atoms with E-state index in [-0.39, 0.29) is 5.97 Å². The zero-order valence-electron chi connectivity index (χ0n) is 9.14. The fourth-order valence-electron chi connectivity index (χ4n) is 1.55. The Morgan fingerprint density at radius 2 is 1.94 bits per heavy atom. The molecule has 4 nitrogen and oxygen atoms in total. The van der Waals surface area contributed by atoms with Gasteiger partial charge in [0.05, 0.1) is 13.1 Å². The van der Waals surface area contributed by atoms with Crippen molar-refractivity contribution in [1.82, 2.24) is 4.90 Å². The summed E-state index contributed by atoms with van der Waals surface area (Å²) in [6.07, 6.45) is 0. The minimum absolute atomic E-state index is 0.346. The molecule has 1 rings (SSSR count). The average Bonchev–Trinajstić information content (AvgIpc) is 2.19. The minimum Gasteiger partial charge on any atom is -0.457 e. The number of hydrogen-bond acceptors (Lipinski definition) is 3. The Morgan fingerprint density at radius 3 is 2.44 bits per heavy atom. The summed E-state index contributed by atoms with van der Waals surface area (Å²) in [7, 11) is 2.13. The maximum Gasteiger partial charge on any atom is 0.345 e. The molecular formula is C9H16Br3N2O2+. The van der Waals surface area contributed by atoms with Gasteiger partial charge in [0, 0.05) is 13.1 Å². The number of nitrogens with one attached hydrogen (secondary N) is 1. The normalized spacial score (nSPS) is 19.8. The maximum absolute atomic E-state index is 11.4. The lowest BCUT2D eigenvalue weighted by atomic mass is 10.3. The van der Waals surface area contributed by atoms with Crippen LogP contribution in [-0.2, 0) is 9.53 Å². The van der Waals surface area contributed by atoms with Crippen LogP contribution in [-0.4, -0.2) is 59.4 Å². The zero-order valence-corrected chi connectivity index (χ0v) is 13.9. The highest BCUT2D eigenvalue weighted by molar-refractivity contribution is 9.40. The molecule has 0 bridgehead atoms. The van der Waals surface area contributed by atoms with Crippen molar-refractivity contribution in [3.05, 3.63) is 0 Å². The Kier molecular flexibility index (Phi) is 6.22. The van der Waals surface area contributed by atoms with E-state index in [0.717, 1.165) is 32.7 Å². The van der Waals surface area contributed by atoms with E-state index in [2.05, 4.69) is 59.7 Å². The predicted molar refractivity (Wildman–Crippen MR) is 73.5 cm³/mol. The third-order valence-corrected chi connectivity index (χ3v) is 3.59. The molecule has 0 aromatic rings. The van der Waals surface area contributed by atoms with E-state index < -0.39 is 2.14 Å². The van der Waals surface area contributed by atoms with Crippen LogP contribution in [0.1, 0.15) is 0 Å². The summed E-state index contributed by atoms with van der Waals surface area (Å²) in [6.45, 7) is 5.81. The van der Waals surface area contributed by atoms with Crippen LogP contribution < -0.4 is 4.90 Å². The van der Waals surface area contributed by atoms with Crippen molar-refractivity contribution in [3.63, 3.8) is 0 Å². The molecule has 1 aliphatic heterocycles. The smallest absolute Gasteiger partial charge is 0.345 e. The average molecular weight is 424 g/mol. The van der Waals surface area contributed by atoms with E-state index in [0.29, 0.717) is 6.61 Å². The number of quaternary nitrogens is 1. The summed E-state index contributed by atoms with van der Waals surface area (Å²) in [5.74, 6) is -0.346. The van der Waals surface area contributed by atoms with E-state index in [4.69, 9.17) is 4.74 Å². The second-order valence-electron chi connectivity index (χ2n) is 3.94. The lowest BCUT2D eigenvalue weighted by molar-refractivity contribution is -0.904. The Balaban J connectivity index is 2.14. The van der Waals surface area contributed by atoms with E-state index in [1.165, 1.54) is 4.90 Å². The van der Waals surface area contributed by atoms with Crippen LogP contribution in [0.15, 0.2) is 0 Å². The van der Waals surface area contributed by atoms with E-state index in [1.54, 1.807) is 0 Å². The molecule has 1 saturated heterocycles. The van der Waals surface area contributed by atoms with Crippen molar-refractivity contribution in [2.75, 3.05) is 46.4 Å². The first-order valence-electron chi connectivity index (χ1n) is 5.15. The van der Waals surface area contributed by atoms with Gasteiger partial charge in [0.15, 0.2) is 0 Å². The monoisotopic (exact) mass is 421 g/mol. The third-order valence-electron chi connectivity index (χ3n) is 2.61. The molecule has 0 spiro atoms. The Morgan fingerprint density at radius 1 is 1.38 bits per heavy atom. The molecule has 0 atom stereocenters. The topological polar surface area (TPSA) is 34.0 Å². The number of likely N-dealkylation sites (N-methyl/N-ethyl adjacent to an activating group) is 1. The molecule has 0 amide bonds. The number of ether oxygens (including phenoxy) is 1. The van der Waals surface area contributed by atoms with Crippen LogP contribution in [0, 0.1) is 0 Å². The highest BCUT2D eigenvalue weighted by Gasteiger charge is 2.30. The van der Waals surface area contributed by atoms with Crippen LogP contribution in [0.2, 0.25) is 0 Å². The Bertz CT molecular complexity index is 237. The fourth-order valence-corrected chi connectivity index (χ4v) is 1.90. The molecular weight excluding hydrogens is 408 g/mol. The number of alkyl halides is 3. The first-order chi connectivity index (χ1) is 7.39. The number of carbonyl (C=O) groups excluding carboxylic acids is 1. The first-order valence-corrected chi connectivity index (χ1v) is 7.53. The third kappa shape index (κ3) is 5.44. The molecule has 1 heterocycles. The van der Waals surface area contributed by atoms with Crippen molar-refractivity contribution >= 4 is 53.8 Å². The number of hydrogen-bond donors (Lipinski definition) is 1. The summed E-state index contributed by atoms with van der Waals surface area (Å²) < 4.78 is 4.18. The first kappa shape index (κ1) is 14.9. The maximum atomic E-state index is 11.4. The molecule has 0 unspecified atom stereocenters. The minimum atomic E-state index is -0.940. The molecule has 1 N–H and O–H groups in total. The van der Waals surface area contributed by atoms with Gasteiger partial charge in [-0.15, -0.1) is 0 Å². The molecule has 7 heteroatoms. The van der Waals surface area contributed by atoms with Crippen molar-refractivity contribution in [1.29, 1.82) is 0 Å². The van der Waals surface area contributed by atoms with Gasteiger partial charge in [-0.2, -0.15) is 0 Å². The predicted octanol–water partition coefficient (Wildman–Crippen LogP) is 0.198. The van der Waals surface area contributed by atoms with Crippen molar-refractivity contribution in [2.45, 2.75) is 2.14 Å². The molecule has 1 fully saturated rings. The largest absolute Gasteiger partial charge is 0.457 e. The molecule has 0 aromatic carbocycles. The van der Waals surface area contributed by atoms with E-state index in [1.807, 2.05) is 0 Å². The van der Waals surface area contributed by atoms with E-state index in [9.17, 15) is 4.79 Å². The molecule has 0 saturated carbocycles. The lowest BCUT2D eigenvalue weighted by Crippen LogP contribution is -3.15. The van der Waals surface area contributed by atoms with Gasteiger partial charge < -0.3 is 9.64 Å². The van der Waals surface area contributed by atoms with Crippen molar-refractivity contribution in [3.8, 4) is 0 Å².